The van der Waals surface area contributed by atoms with E-state index in [0.29, 0.717) is 50.7 Å². The van der Waals surface area contributed by atoms with Crippen molar-refractivity contribution in [1.82, 2.24) is 29.4 Å². The Bertz CT molecular complexity index is 1960. The highest BCUT2D eigenvalue weighted by molar-refractivity contribution is 5.80. The van der Waals surface area contributed by atoms with E-state index in [-0.39, 0.29) is 25.4 Å². The van der Waals surface area contributed by atoms with E-state index >= 15 is 0 Å². The third-order valence-electron chi connectivity index (χ3n) is 8.95. The summed E-state index contributed by atoms with van der Waals surface area (Å²) in [6, 6.07) is 16.0. The molecule has 0 saturated carbocycles. The van der Waals surface area contributed by atoms with Crippen molar-refractivity contribution >= 4 is 18.1 Å². The van der Waals surface area contributed by atoms with Gasteiger partial charge in [0.15, 0.2) is 0 Å². The summed E-state index contributed by atoms with van der Waals surface area (Å²) in [6.07, 6.45) is 0.794. The molecule has 15 heteroatoms. The van der Waals surface area contributed by atoms with E-state index in [9.17, 15) is 14.4 Å². The maximum absolute atomic E-state index is 12.5. The summed E-state index contributed by atoms with van der Waals surface area (Å²) in [5.41, 5.74) is 25.9. The quantitative estimate of drug-likeness (QED) is 0.248. The average Bonchev–Trinajstić information content (AvgIpc) is 3.57. The molecule has 2 aromatic heterocycles. The first-order valence-corrected chi connectivity index (χ1v) is 17.6. The van der Waals surface area contributed by atoms with Gasteiger partial charge in [0.2, 0.25) is 5.91 Å². The van der Waals surface area contributed by atoms with Gasteiger partial charge in [-0.3, -0.25) is 14.2 Å². The molecule has 2 aromatic carbocycles. The number of hydrogen-bond acceptors (Lipinski definition) is 10. The van der Waals surface area contributed by atoms with Crippen LogP contribution in [0.5, 0.6) is 0 Å². The van der Waals surface area contributed by atoms with E-state index < -0.39 is 18.0 Å². The van der Waals surface area contributed by atoms with Crippen molar-refractivity contribution in [2.45, 2.75) is 92.0 Å². The van der Waals surface area contributed by atoms with Crippen molar-refractivity contribution in [2.75, 3.05) is 13.1 Å². The van der Waals surface area contributed by atoms with Gasteiger partial charge < -0.3 is 36.5 Å². The highest BCUT2D eigenvalue weighted by Gasteiger charge is 2.25. The molecule has 0 spiro atoms. The van der Waals surface area contributed by atoms with Crippen molar-refractivity contribution in [1.29, 1.82) is 5.26 Å². The molecule has 6 N–H and O–H groups in total. The first-order chi connectivity index (χ1) is 25.3. The Morgan fingerprint density at radius 3 is 1.53 bits per heavy atom. The van der Waals surface area contributed by atoms with E-state index in [4.69, 9.17) is 31.9 Å². The summed E-state index contributed by atoms with van der Waals surface area (Å²) in [5, 5.41) is 17.7. The van der Waals surface area contributed by atoms with Gasteiger partial charge in [-0.25, -0.2) is 9.59 Å². The maximum atomic E-state index is 12.5. The van der Waals surface area contributed by atoms with Crippen molar-refractivity contribution in [3.63, 3.8) is 0 Å². The number of rotatable bonds is 7. The molecule has 0 bridgehead atoms. The third-order valence-corrected chi connectivity index (χ3v) is 8.95. The van der Waals surface area contributed by atoms with E-state index in [2.05, 4.69) is 22.3 Å². The molecule has 15 nitrogen and oxygen atoms in total. The number of hydrogen-bond donors (Lipinski definition) is 3. The Kier molecular flexibility index (Phi) is 12.5. The molecule has 2 aliphatic rings. The second kappa shape index (κ2) is 17.2. The van der Waals surface area contributed by atoms with Crippen LogP contribution in [0.1, 0.15) is 81.1 Å². The number of primary amides is 1. The van der Waals surface area contributed by atoms with Gasteiger partial charge in [-0.15, -0.1) is 0 Å². The molecule has 2 atom stereocenters. The van der Waals surface area contributed by atoms with Crippen molar-refractivity contribution in [2.24, 2.45) is 17.2 Å². The Labute approximate surface area is 309 Å². The predicted molar refractivity (Wildman–Crippen MR) is 195 cm³/mol. The number of aryl methyl sites for hydroxylation is 6. The summed E-state index contributed by atoms with van der Waals surface area (Å²) in [5.74, 6) is -0.632. The van der Waals surface area contributed by atoms with Crippen molar-refractivity contribution in [3.05, 3.63) is 105 Å². The van der Waals surface area contributed by atoms with Gasteiger partial charge in [0.1, 0.15) is 25.3 Å². The van der Waals surface area contributed by atoms with E-state index in [1.54, 1.807) is 26.6 Å². The fraction of sp³-hybridized carbons (Fsp3) is 0.421. The highest BCUT2D eigenvalue weighted by Crippen LogP contribution is 2.20. The minimum absolute atomic E-state index is 0.231. The molecule has 2 unspecified atom stereocenters. The normalized spacial score (nSPS) is 15.0. The molecular weight excluding hydrogens is 676 g/mol. The summed E-state index contributed by atoms with van der Waals surface area (Å²) >= 11 is 0. The molecule has 53 heavy (non-hydrogen) atoms. The van der Waals surface area contributed by atoms with Crippen LogP contribution in [0.25, 0.3) is 0 Å². The number of carbonyl (C=O) groups excluding carboxylic acids is 3. The SMILES string of the molecule is Cc1cc(C)cc(COC(=O)N2CCCn3nc(C(N)C#N)cc3C2)c1.Cc1cc(C)cc(COC(=O)N2CCCn3nc(C(N)C(N)=O)cc3C2)c1. The molecule has 0 saturated heterocycles. The lowest BCUT2D eigenvalue weighted by atomic mass is 10.1. The van der Waals surface area contributed by atoms with Crippen LogP contribution in [-0.4, -0.2) is 60.5 Å². The first-order valence-electron chi connectivity index (χ1n) is 17.6. The lowest BCUT2D eigenvalue weighted by Gasteiger charge is -2.19. The summed E-state index contributed by atoms with van der Waals surface area (Å²) < 4.78 is 14.6. The number of nitrogens with two attached hydrogens (primary N) is 3. The summed E-state index contributed by atoms with van der Waals surface area (Å²) in [7, 11) is 0. The van der Waals surface area contributed by atoms with E-state index in [1.165, 1.54) is 0 Å². The zero-order valence-electron chi connectivity index (χ0n) is 30.7. The second-order valence-electron chi connectivity index (χ2n) is 13.7. The lowest BCUT2D eigenvalue weighted by molar-refractivity contribution is -0.119. The van der Waals surface area contributed by atoms with Crippen LogP contribution >= 0.6 is 0 Å². The largest absolute Gasteiger partial charge is 0.445 e. The number of carbonyl (C=O) groups is 3. The first kappa shape index (κ1) is 38.5. The van der Waals surface area contributed by atoms with Crippen LogP contribution in [0.15, 0.2) is 48.5 Å². The lowest BCUT2D eigenvalue weighted by Crippen LogP contribution is -2.31. The van der Waals surface area contributed by atoms with Crippen LogP contribution in [0, 0.1) is 39.0 Å². The fourth-order valence-electron chi connectivity index (χ4n) is 6.57. The van der Waals surface area contributed by atoms with Crippen LogP contribution < -0.4 is 17.2 Å². The second-order valence-corrected chi connectivity index (χ2v) is 13.7. The average molecular weight is 725 g/mol. The number of fused-ring (bicyclic) bond motifs is 2. The molecule has 0 aliphatic carbocycles. The molecule has 2 aliphatic heterocycles. The zero-order valence-corrected chi connectivity index (χ0v) is 30.7. The number of ether oxygens (including phenoxy) is 2. The Balaban J connectivity index is 0.000000204. The van der Waals surface area contributed by atoms with Gasteiger partial charge in [0, 0.05) is 26.2 Å². The molecule has 4 aromatic rings. The topological polar surface area (TPSA) is 214 Å². The smallest absolute Gasteiger partial charge is 0.410 e. The molecule has 280 valence electrons. The molecule has 0 fully saturated rings. The number of nitrogens with zero attached hydrogens (tertiary/aromatic N) is 7. The van der Waals surface area contributed by atoms with Gasteiger partial charge in [-0.2, -0.15) is 15.5 Å². The maximum Gasteiger partial charge on any atom is 0.410 e. The monoisotopic (exact) mass is 724 g/mol. The number of benzene rings is 2. The van der Waals surface area contributed by atoms with Gasteiger partial charge in [0.05, 0.1) is 41.9 Å². The fourth-order valence-corrected chi connectivity index (χ4v) is 6.57. The Morgan fingerprint density at radius 2 is 1.11 bits per heavy atom. The Hall–Kier alpha value is -5.72. The molecule has 0 radical (unpaired) electrons. The molecule has 6 rings (SSSR count). The van der Waals surface area contributed by atoms with Gasteiger partial charge in [-0.1, -0.05) is 58.7 Å². The minimum Gasteiger partial charge on any atom is -0.445 e. The number of amides is 3. The predicted octanol–water partition coefficient (Wildman–Crippen LogP) is 4.09. The Morgan fingerprint density at radius 1 is 0.698 bits per heavy atom. The zero-order chi connectivity index (χ0) is 38.2. The van der Waals surface area contributed by atoms with Crippen LogP contribution in [-0.2, 0) is 53.7 Å². The van der Waals surface area contributed by atoms with E-state index in [1.807, 2.05) is 62.7 Å². The molecular formula is C38H48N10O5. The van der Waals surface area contributed by atoms with Gasteiger partial charge >= 0.3 is 12.2 Å². The summed E-state index contributed by atoms with van der Waals surface area (Å²) in [4.78, 5) is 39.6. The standard InChI is InChI=1S/C19H25N5O3.C19H23N5O2/c1-12-6-13(2)8-14(7-12)11-27-19(26)23-4-3-5-24-15(10-23)9-16(22-24)17(20)18(21)25;1-13-6-14(2)8-15(7-13)12-26-19(25)23-4-3-5-24-16(11-23)9-18(22-24)17(21)10-20/h6-9,17H,3-5,10-11,20H2,1-2H3,(H2,21,25);6-9,17H,3-5,11-12,21H2,1-2H3. The number of aromatic nitrogens is 4. The van der Waals surface area contributed by atoms with Gasteiger partial charge in [-0.05, 0) is 63.8 Å². The number of nitriles is 1. The van der Waals surface area contributed by atoms with Crippen LogP contribution in [0.3, 0.4) is 0 Å². The molecule has 4 heterocycles. The van der Waals surface area contributed by atoms with Crippen molar-refractivity contribution < 1.29 is 23.9 Å². The van der Waals surface area contributed by atoms with Gasteiger partial charge in [0.25, 0.3) is 0 Å². The minimum atomic E-state index is -0.950. The van der Waals surface area contributed by atoms with Crippen LogP contribution in [0.4, 0.5) is 9.59 Å². The third kappa shape index (κ3) is 10.2. The summed E-state index contributed by atoms with van der Waals surface area (Å²) in [6.45, 7) is 11.8. The van der Waals surface area contributed by atoms with Crippen LogP contribution in [0.2, 0.25) is 0 Å². The van der Waals surface area contributed by atoms with Crippen molar-refractivity contribution in [3.8, 4) is 6.07 Å². The highest BCUT2D eigenvalue weighted by atomic mass is 16.6. The molecule has 3 amide bonds. The van der Waals surface area contributed by atoms with E-state index in [0.717, 1.165) is 57.6 Å².